The van der Waals surface area contributed by atoms with Crippen LogP contribution in [0, 0.1) is 0 Å². The minimum absolute atomic E-state index is 0.0512. The fraction of sp³-hybridized carbons (Fsp3) is 0.182. The second-order valence-corrected chi connectivity index (χ2v) is 5.59. The molecule has 0 saturated heterocycles. The van der Waals surface area contributed by atoms with Crippen LogP contribution in [0.1, 0.15) is 5.56 Å². The first-order valence-electron chi connectivity index (χ1n) is 5.26. The monoisotopic (exact) mass is 368 g/mol. The van der Waals surface area contributed by atoms with Crippen molar-refractivity contribution < 1.29 is 23.1 Å². The minimum Gasteiger partial charge on any atom is -0.472 e. The average Bonchev–Trinajstić information content (AvgIpc) is 2.72. The van der Waals surface area contributed by atoms with Crippen LogP contribution in [0.3, 0.4) is 0 Å². The molecule has 0 radical (unpaired) electrons. The first kappa shape index (κ1) is 15.0. The topological polar surface area (TPSA) is 47.3 Å². The quantitative estimate of drug-likeness (QED) is 0.652. The van der Waals surface area contributed by atoms with Crippen molar-refractivity contribution in [3.8, 4) is 5.88 Å². The van der Waals surface area contributed by atoms with Gasteiger partial charge in [-0.15, -0.1) is 4.85 Å². The Morgan fingerprint density at radius 2 is 2.10 bits per heavy atom. The maximum absolute atomic E-state index is 12.5. The number of benzene rings is 1. The summed E-state index contributed by atoms with van der Waals surface area (Å²) in [5.74, 6) is 0.117. The van der Waals surface area contributed by atoms with Crippen molar-refractivity contribution >= 4 is 27.7 Å². The molecule has 0 fully saturated rings. The number of alkyl halides is 3. The Balaban J connectivity index is 2.17. The lowest BCUT2D eigenvalue weighted by Gasteiger charge is -2.12. The van der Waals surface area contributed by atoms with Crippen LogP contribution >= 0.6 is 27.7 Å². The summed E-state index contributed by atoms with van der Waals surface area (Å²) in [7, 11) is 0. The maximum Gasteiger partial charge on any atom is 0.446 e. The predicted molar refractivity (Wildman–Crippen MR) is 69.8 cm³/mol. The van der Waals surface area contributed by atoms with E-state index in [2.05, 4.69) is 21.0 Å². The Labute approximate surface area is 124 Å². The molecule has 0 amide bonds. The van der Waals surface area contributed by atoms with Gasteiger partial charge in [0.2, 0.25) is 5.88 Å². The molecule has 0 atom stereocenters. The Bertz CT molecular complexity index is 604. The summed E-state index contributed by atoms with van der Waals surface area (Å²) >= 11 is 2.99. The van der Waals surface area contributed by atoms with Crippen molar-refractivity contribution in [1.29, 1.82) is 0 Å². The van der Waals surface area contributed by atoms with Crippen molar-refractivity contribution in [2.75, 3.05) is 0 Å². The molecule has 0 saturated carbocycles. The molecular weight excluding hydrogens is 361 g/mol. The summed E-state index contributed by atoms with van der Waals surface area (Å²) in [5.41, 5.74) is -4.01. The number of thioether (sulfide) groups is 1. The third-order valence-electron chi connectivity index (χ3n) is 2.22. The summed E-state index contributed by atoms with van der Waals surface area (Å²) in [4.78, 5) is 0.608. The summed E-state index contributed by atoms with van der Waals surface area (Å²) in [5, 5.41) is 12.5. The predicted octanol–water partition coefficient (Wildman–Crippen LogP) is 4.07. The van der Waals surface area contributed by atoms with Crippen LogP contribution in [0.2, 0.25) is 0 Å². The third-order valence-corrected chi connectivity index (χ3v) is 3.79. The largest absolute Gasteiger partial charge is 0.472 e. The second-order valence-electron chi connectivity index (χ2n) is 3.63. The van der Waals surface area contributed by atoms with E-state index in [9.17, 15) is 13.2 Å². The number of hydrogen-bond acceptors (Lipinski definition) is 4. The van der Waals surface area contributed by atoms with E-state index >= 15 is 0 Å². The lowest BCUT2D eigenvalue weighted by atomic mass is 10.2. The van der Waals surface area contributed by atoms with Crippen LogP contribution in [0.15, 0.2) is 39.8 Å². The Hall–Kier alpha value is -1.35. The van der Waals surface area contributed by atoms with E-state index in [1.165, 1.54) is 24.4 Å². The fourth-order valence-corrected chi connectivity index (χ4v) is 2.72. The van der Waals surface area contributed by atoms with Crippen molar-refractivity contribution in [1.82, 2.24) is 9.94 Å². The molecule has 2 rings (SSSR count). The summed E-state index contributed by atoms with van der Waals surface area (Å²) in [6.07, 6.45) is 1.25. The summed E-state index contributed by atoms with van der Waals surface area (Å²) in [6, 6.07) is 5.91. The Morgan fingerprint density at radius 1 is 1.35 bits per heavy atom. The standard InChI is InChI=1S/C11H8BrF3N2O2S/c12-8-2-1-3-9(20-11(13,14)15)7(8)6-19-10-4-5-17(18)16-10/h1-5,18H,6H2. The van der Waals surface area contributed by atoms with Gasteiger partial charge in [-0.05, 0) is 23.9 Å². The highest BCUT2D eigenvalue weighted by Crippen LogP contribution is 2.40. The van der Waals surface area contributed by atoms with Gasteiger partial charge in [0, 0.05) is 21.0 Å². The summed E-state index contributed by atoms with van der Waals surface area (Å²) in [6.45, 7) is -0.100. The smallest absolute Gasteiger partial charge is 0.446 e. The van der Waals surface area contributed by atoms with Gasteiger partial charge in [0.05, 0.1) is 6.20 Å². The molecule has 4 nitrogen and oxygen atoms in total. The SMILES string of the molecule is On1ccc(OCc2c(Br)cccc2SC(F)(F)F)n1. The number of ether oxygens (including phenoxy) is 1. The number of aromatic nitrogens is 2. The molecule has 1 aromatic carbocycles. The van der Waals surface area contributed by atoms with Gasteiger partial charge in [-0.3, -0.25) is 0 Å². The van der Waals surface area contributed by atoms with E-state index in [0.717, 1.165) is 0 Å². The van der Waals surface area contributed by atoms with Crippen molar-refractivity contribution in [2.24, 2.45) is 0 Å². The molecular formula is C11H8BrF3N2O2S. The van der Waals surface area contributed by atoms with Crippen LogP contribution < -0.4 is 4.74 Å². The number of halogens is 4. The van der Waals surface area contributed by atoms with Crippen molar-refractivity contribution in [3.63, 3.8) is 0 Å². The highest BCUT2D eigenvalue weighted by molar-refractivity contribution is 9.10. The first-order chi connectivity index (χ1) is 9.35. The fourth-order valence-electron chi connectivity index (χ4n) is 1.42. The first-order valence-corrected chi connectivity index (χ1v) is 6.87. The lowest BCUT2D eigenvalue weighted by molar-refractivity contribution is -0.0328. The minimum atomic E-state index is -4.37. The van der Waals surface area contributed by atoms with Gasteiger partial charge >= 0.3 is 5.51 Å². The van der Waals surface area contributed by atoms with Gasteiger partial charge < -0.3 is 9.94 Å². The van der Waals surface area contributed by atoms with Crippen LogP contribution in [0.25, 0.3) is 0 Å². The van der Waals surface area contributed by atoms with Crippen molar-refractivity contribution in [2.45, 2.75) is 17.0 Å². The Kier molecular flexibility index (Phi) is 4.48. The van der Waals surface area contributed by atoms with E-state index in [1.807, 2.05) is 0 Å². The summed E-state index contributed by atoms with van der Waals surface area (Å²) < 4.78 is 43.2. The van der Waals surface area contributed by atoms with Crippen LogP contribution in [0.4, 0.5) is 13.2 Å². The molecule has 0 unspecified atom stereocenters. The van der Waals surface area contributed by atoms with E-state index < -0.39 is 5.51 Å². The highest BCUT2D eigenvalue weighted by atomic mass is 79.9. The molecule has 1 aromatic heterocycles. The zero-order valence-electron chi connectivity index (χ0n) is 9.76. The zero-order valence-corrected chi connectivity index (χ0v) is 12.2. The third kappa shape index (κ3) is 4.07. The Morgan fingerprint density at radius 3 is 2.70 bits per heavy atom. The van der Waals surface area contributed by atoms with E-state index in [1.54, 1.807) is 6.07 Å². The van der Waals surface area contributed by atoms with Crippen molar-refractivity contribution in [3.05, 3.63) is 40.5 Å². The average molecular weight is 369 g/mol. The molecule has 1 N–H and O–H groups in total. The van der Waals surface area contributed by atoms with E-state index in [4.69, 9.17) is 9.94 Å². The number of nitrogens with zero attached hydrogens (tertiary/aromatic N) is 2. The molecule has 9 heteroatoms. The zero-order chi connectivity index (χ0) is 14.8. The molecule has 20 heavy (non-hydrogen) atoms. The van der Waals surface area contributed by atoms with Crippen LogP contribution in [-0.2, 0) is 6.61 Å². The molecule has 0 aliphatic heterocycles. The second kappa shape index (κ2) is 5.96. The van der Waals surface area contributed by atoms with Crippen LogP contribution in [0.5, 0.6) is 5.88 Å². The highest BCUT2D eigenvalue weighted by Gasteiger charge is 2.30. The van der Waals surface area contributed by atoms with Gasteiger partial charge in [-0.1, -0.05) is 27.1 Å². The molecule has 0 spiro atoms. The van der Waals surface area contributed by atoms with Gasteiger partial charge in [-0.25, -0.2) is 0 Å². The van der Waals surface area contributed by atoms with Gasteiger partial charge in [-0.2, -0.15) is 13.2 Å². The molecule has 0 bridgehead atoms. The maximum atomic E-state index is 12.5. The van der Waals surface area contributed by atoms with Gasteiger partial charge in [0.25, 0.3) is 0 Å². The molecule has 0 aliphatic carbocycles. The van der Waals surface area contributed by atoms with Gasteiger partial charge in [0.1, 0.15) is 6.61 Å². The van der Waals surface area contributed by atoms with Crippen LogP contribution in [-0.4, -0.2) is 20.7 Å². The molecule has 1 heterocycles. The lowest BCUT2D eigenvalue weighted by Crippen LogP contribution is -2.04. The number of hydrogen-bond donors (Lipinski definition) is 1. The normalized spacial score (nSPS) is 11.6. The van der Waals surface area contributed by atoms with E-state index in [-0.39, 0.29) is 29.1 Å². The van der Waals surface area contributed by atoms with Gasteiger partial charge in [0.15, 0.2) is 0 Å². The molecule has 0 aliphatic rings. The van der Waals surface area contributed by atoms with E-state index in [0.29, 0.717) is 14.9 Å². The molecule has 2 aromatic rings. The number of rotatable bonds is 4. The molecule has 108 valence electrons.